The fourth-order valence-electron chi connectivity index (χ4n) is 3.76. The average Bonchev–Trinajstić information content (AvgIpc) is 3.17. The lowest BCUT2D eigenvalue weighted by Gasteiger charge is -2.26. The van der Waals surface area contributed by atoms with E-state index >= 15 is 0 Å². The Kier molecular flexibility index (Phi) is 4.03. The molecule has 1 saturated heterocycles. The van der Waals surface area contributed by atoms with Gasteiger partial charge in [0.1, 0.15) is 5.82 Å². The molecule has 4 rings (SSSR count). The quantitative estimate of drug-likeness (QED) is 0.926. The van der Waals surface area contributed by atoms with Crippen LogP contribution in [0.15, 0.2) is 36.5 Å². The number of imidazole rings is 1. The average molecular weight is 338 g/mol. The van der Waals surface area contributed by atoms with Crippen molar-refractivity contribution in [2.45, 2.75) is 38.8 Å². The fourth-order valence-corrected chi connectivity index (χ4v) is 3.76. The Morgan fingerprint density at radius 1 is 1.24 bits per heavy atom. The smallest absolute Gasteiger partial charge is 0.227 e. The van der Waals surface area contributed by atoms with Gasteiger partial charge in [-0.15, -0.1) is 0 Å². The summed E-state index contributed by atoms with van der Waals surface area (Å²) in [6, 6.07) is 9.65. The first-order valence-electron chi connectivity index (χ1n) is 8.78. The number of rotatable bonds is 3. The molecule has 25 heavy (non-hydrogen) atoms. The number of anilines is 1. The second-order valence-electron chi connectivity index (χ2n) is 6.94. The molecule has 1 aromatic carbocycles. The molecule has 3 heterocycles. The number of para-hydroxylation sites is 1. The standard InChI is InChI=1S/C19H22N4O2/c1-13-10-22-12-15(7-8-17(22)20-13)21-19(25)14-9-18(24)23(11-14)16-5-3-2-4-6-16/h2-6,10,14-15H,7-9,11-12H2,1H3,(H,21,25)/t14-,15-/m1/s1. The van der Waals surface area contributed by atoms with Crippen molar-refractivity contribution in [3.05, 3.63) is 48.0 Å². The van der Waals surface area contributed by atoms with Gasteiger partial charge in [-0.05, 0) is 25.5 Å². The Morgan fingerprint density at radius 3 is 2.84 bits per heavy atom. The van der Waals surface area contributed by atoms with Crippen molar-refractivity contribution in [1.29, 1.82) is 0 Å². The van der Waals surface area contributed by atoms with E-state index < -0.39 is 0 Å². The highest BCUT2D eigenvalue weighted by atomic mass is 16.2. The van der Waals surface area contributed by atoms with E-state index in [0.717, 1.165) is 36.6 Å². The zero-order chi connectivity index (χ0) is 17.4. The lowest BCUT2D eigenvalue weighted by atomic mass is 10.0. The summed E-state index contributed by atoms with van der Waals surface area (Å²) >= 11 is 0. The molecule has 2 amide bonds. The molecule has 2 aliphatic heterocycles. The maximum absolute atomic E-state index is 12.6. The van der Waals surface area contributed by atoms with Gasteiger partial charge in [0.25, 0.3) is 0 Å². The summed E-state index contributed by atoms with van der Waals surface area (Å²) in [5, 5.41) is 3.14. The van der Waals surface area contributed by atoms with Gasteiger partial charge in [-0.3, -0.25) is 9.59 Å². The van der Waals surface area contributed by atoms with E-state index in [0.29, 0.717) is 6.54 Å². The van der Waals surface area contributed by atoms with E-state index in [1.165, 1.54) is 0 Å². The summed E-state index contributed by atoms with van der Waals surface area (Å²) < 4.78 is 2.12. The zero-order valence-corrected chi connectivity index (χ0v) is 14.3. The van der Waals surface area contributed by atoms with Crippen molar-refractivity contribution >= 4 is 17.5 Å². The molecule has 0 unspecified atom stereocenters. The molecule has 0 radical (unpaired) electrons. The Labute approximate surface area is 146 Å². The van der Waals surface area contributed by atoms with Gasteiger partial charge < -0.3 is 14.8 Å². The predicted molar refractivity (Wildman–Crippen MR) is 94.1 cm³/mol. The third kappa shape index (κ3) is 3.16. The van der Waals surface area contributed by atoms with Gasteiger partial charge in [-0.2, -0.15) is 0 Å². The maximum atomic E-state index is 12.6. The summed E-state index contributed by atoms with van der Waals surface area (Å²) in [5.41, 5.74) is 1.88. The molecule has 0 saturated carbocycles. The number of benzene rings is 1. The number of fused-ring (bicyclic) bond motifs is 1. The number of amides is 2. The van der Waals surface area contributed by atoms with Gasteiger partial charge in [0.2, 0.25) is 11.8 Å². The van der Waals surface area contributed by atoms with E-state index in [-0.39, 0.29) is 30.2 Å². The van der Waals surface area contributed by atoms with Crippen molar-refractivity contribution in [2.24, 2.45) is 5.92 Å². The highest BCUT2D eigenvalue weighted by Gasteiger charge is 2.36. The van der Waals surface area contributed by atoms with Crippen LogP contribution in [-0.2, 0) is 22.6 Å². The SMILES string of the molecule is Cc1cn2c(n1)CC[C@@H](NC(=O)[C@@H]1CC(=O)N(c3ccccc3)C1)C2. The molecule has 2 atom stereocenters. The lowest BCUT2D eigenvalue weighted by Crippen LogP contribution is -2.44. The van der Waals surface area contributed by atoms with Crippen LogP contribution in [0.2, 0.25) is 0 Å². The lowest BCUT2D eigenvalue weighted by molar-refractivity contribution is -0.127. The van der Waals surface area contributed by atoms with Crippen LogP contribution in [0.3, 0.4) is 0 Å². The van der Waals surface area contributed by atoms with E-state index in [9.17, 15) is 9.59 Å². The number of nitrogens with one attached hydrogen (secondary N) is 1. The largest absolute Gasteiger partial charge is 0.351 e. The van der Waals surface area contributed by atoms with Crippen LogP contribution < -0.4 is 10.2 Å². The summed E-state index contributed by atoms with van der Waals surface area (Å²) in [6.45, 7) is 3.20. The molecule has 1 N–H and O–H groups in total. The Bertz CT molecular complexity index is 799. The highest BCUT2D eigenvalue weighted by Crippen LogP contribution is 2.25. The Morgan fingerprint density at radius 2 is 2.04 bits per heavy atom. The van der Waals surface area contributed by atoms with Crippen LogP contribution in [0.1, 0.15) is 24.4 Å². The van der Waals surface area contributed by atoms with Gasteiger partial charge in [0, 0.05) is 43.9 Å². The highest BCUT2D eigenvalue weighted by molar-refractivity contribution is 6.00. The normalized spacial score (nSPS) is 22.8. The van der Waals surface area contributed by atoms with E-state index in [2.05, 4.69) is 14.9 Å². The molecule has 2 aliphatic rings. The molecule has 0 aliphatic carbocycles. The van der Waals surface area contributed by atoms with E-state index in [1.807, 2.05) is 43.5 Å². The van der Waals surface area contributed by atoms with Crippen LogP contribution in [-0.4, -0.2) is 34.0 Å². The number of carbonyl (C=O) groups excluding carboxylic acids is 2. The van der Waals surface area contributed by atoms with Gasteiger partial charge in [0.15, 0.2) is 0 Å². The van der Waals surface area contributed by atoms with Crippen LogP contribution in [0.25, 0.3) is 0 Å². The van der Waals surface area contributed by atoms with Crippen molar-refractivity contribution in [2.75, 3.05) is 11.4 Å². The van der Waals surface area contributed by atoms with Crippen molar-refractivity contribution in [3.63, 3.8) is 0 Å². The number of hydrogen-bond donors (Lipinski definition) is 1. The molecule has 6 nitrogen and oxygen atoms in total. The minimum Gasteiger partial charge on any atom is -0.351 e. The van der Waals surface area contributed by atoms with Crippen LogP contribution in [0, 0.1) is 12.8 Å². The summed E-state index contributed by atoms with van der Waals surface area (Å²) in [5.74, 6) is 0.813. The second kappa shape index (κ2) is 6.35. The van der Waals surface area contributed by atoms with Crippen LogP contribution >= 0.6 is 0 Å². The van der Waals surface area contributed by atoms with Gasteiger partial charge in [-0.25, -0.2) is 4.98 Å². The number of nitrogens with zero attached hydrogens (tertiary/aromatic N) is 3. The van der Waals surface area contributed by atoms with Crippen LogP contribution in [0.4, 0.5) is 5.69 Å². The molecule has 130 valence electrons. The molecule has 0 spiro atoms. The summed E-state index contributed by atoms with van der Waals surface area (Å²) in [6.07, 6.45) is 4.08. The Balaban J connectivity index is 1.38. The molecule has 2 aromatic rings. The molecule has 1 fully saturated rings. The van der Waals surface area contributed by atoms with Crippen LogP contribution in [0.5, 0.6) is 0 Å². The van der Waals surface area contributed by atoms with Gasteiger partial charge in [0.05, 0.1) is 11.6 Å². The Hall–Kier alpha value is -2.63. The van der Waals surface area contributed by atoms with Crippen molar-refractivity contribution in [3.8, 4) is 0 Å². The van der Waals surface area contributed by atoms with E-state index in [1.54, 1.807) is 4.90 Å². The fraction of sp³-hybridized carbons (Fsp3) is 0.421. The molecular formula is C19H22N4O2. The first kappa shape index (κ1) is 15.9. The van der Waals surface area contributed by atoms with Gasteiger partial charge in [-0.1, -0.05) is 18.2 Å². The number of carbonyl (C=O) groups is 2. The molecule has 6 heteroatoms. The second-order valence-corrected chi connectivity index (χ2v) is 6.94. The third-order valence-electron chi connectivity index (χ3n) is 5.02. The molecule has 0 bridgehead atoms. The third-order valence-corrected chi connectivity index (χ3v) is 5.02. The predicted octanol–water partition coefficient (Wildman–Crippen LogP) is 1.68. The monoisotopic (exact) mass is 338 g/mol. The zero-order valence-electron chi connectivity index (χ0n) is 14.3. The topological polar surface area (TPSA) is 67.2 Å². The molecular weight excluding hydrogens is 316 g/mol. The first-order chi connectivity index (χ1) is 12.1. The van der Waals surface area contributed by atoms with Crippen molar-refractivity contribution in [1.82, 2.24) is 14.9 Å². The van der Waals surface area contributed by atoms with Crippen molar-refractivity contribution < 1.29 is 9.59 Å². The minimum absolute atomic E-state index is 0.0162. The number of aryl methyl sites for hydroxylation is 2. The maximum Gasteiger partial charge on any atom is 0.227 e. The van der Waals surface area contributed by atoms with Gasteiger partial charge >= 0.3 is 0 Å². The summed E-state index contributed by atoms with van der Waals surface area (Å²) in [4.78, 5) is 31.1. The first-order valence-corrected chi connectivity index (χ1v) is 8.78. The number of aromatic nitrogens is 2. The molecule has 1 aromatic heterocycles. The number of hydrogen-bond acceptors (Lipinski definition) is 3. The minimum atomic E-state index is -0.279. The summed E-state index contributed by atoms with van der Waals surface area (Å²) in [7, 11) is 0. The van der Waals surface area contributed by atoms with E-state index in [4.69, 9.17) is 0 Å².